The third-order valence-electron chi connectivity index (χ3n) is 2.23. The van der Waals surface area contributed by atoms with Crippen LogP contribution in [0, 0.1) is 4.64 Å². The molecular formula is C11H11N3O2S. The molecular weight excluding hydrogens is 238 g/mol. The molecule has 2 heterocycles. The van der Waals surface area contributed by atoms with Crippen LogP contribution in [-0.4, -0.2) is 27.8 Å². The van der Waals surface area contributed by atoms with E-state index in [1.165, 1.54) is 0 Å². The van der Waals surface area contributed by atoms with Gasteiger partial charge in [-0.1, -0.05) is 12.2 Å². The predicted molar refractivity (Wildman–Crippen MR) is 65.2 cm³/mol. The standard InChI is InChI=1S/C11H11N3O2S/c1-2-16-11(15)8-9(13-14-10(8)17)7-3-5-12-6-4-7/h3-6H,2H2,1H3,(H2,13,14,17). The first-order valence-corrected chi connectivity index (χ1v) is 5.53. The Hall–Kier alpha value is -1.95. The first kappa shape index (κ1) is 11.5. The summed E-state index contributed by atoms with van der Waals surface area (Å²) in [5, 5.41) is 5.62. The summed E-state index contributed by atoms with van der Waals surface area (Å²) in [6.45, 7) is 2.07. The van der Waals surface area contributed by atoms with E-state index in [2.05, 4.69) is 15.2 Å². The van der Waals surface area contributed by atoms with Gasteiger partial charge < -0.3 is 4.74 Å². The summed E-state index contributed by atoms with van der Waals surface area (Å²) in [7, 11) is 0. The lowest BCUT2D eigenvalue weighted by atomic mass is 10.1. The number of aromatic amines is 2. The number of esters is 1. The predicted octanol–water partition coefficient (Wildman–Crippen LogP) is 2.31. The van der Waals surface area contributed by atoms with Crippen molar-refractivity contribution in [3.8, 4) is 11.3 Å². The second kappa shape index (κ2) is 4.92. The summed E-state index contributed by atoms with van der Waals surface area (Å²) >= 11 is 5.06. The molecule has 0 amide bonds. The lowest BCUT2D eigenvalue weighted by Crippen LogP contribution is -2.05. The Balaban J connectivity index is 2.50. The Morgan fingerprint density at radius 2 is 2.12 bits per heavy atom. The molecule has 0 aliphatic heterocycles. The topological polar surface area (TPSA) is 70.8 Å². The van der Waals surface area contributed by atoms with Crippen molar-refractivity contribution >= 4 is 18.2 Å². The van der Waals surface area contributed by atoms with E-state index in [0.717, 1.165) is 5.56 Å². The first-order chi connectivity index (χ1) is 8.24. The van der Waals surface area contributed by atoms with Gasteiger partial charge in [0.25, 0.3) is 0 Å². The molecule has 2 rings (SSSR count). The molecule has 17 heavy (non-hydrogen) atoms. The highest BCUT2D eigenvalue weighted by Gasteiger charge is 2.18. The minimum atomic E-state index is -0.429. The highest BCUT2D eigenvalue weighted by atomic mass is 32.1. The Kier molecular flexibility index (Phi) is 3.34. The van der Waals surface area contributed by atoms with Crippen LogP contribution in [0.5, 0.6) is 0 Å². The number of carbonyl (C=O) groups excluding carboxylic acids is 1. The van der Waals surface area contributed by atoms with E-state index >= 15 is 0 Å². The molecule has 0 fully saturated rings. The van der Waals surface area contributed by atoms with Crippen LogP contribution in [0.2, 0.25) is 0 Å². The van der Waals surface area contributed by atoms with Gasteiger partial charge in [0.1, 0.15) is 10.2 Å². The molecule has 88 valence electrons. The van der Waals surface area contributed by atoms with Crippen LogP contribution in [0.15, 0.2) is 24.5 Å². The number of aromatic nitrogens is 3. The lowest BCUT2D eigenvalue weighted by molar-refractivity contribution is 0.0527. The number of nitrogens with one attached hydrogen (secondary N) is 2. The smallest absolute Gasteiger partial charge is 0.343 e. The zero-order chi connectivity index (χ0) is 12.3. The minimum Gasteiger partial charge on any atom is -0.462 e. The number of nitrogens with zero attached hydrogens (tertiary/aromatic N) is 1. The Morgan fingerprint density at radius 1 is 1.41 bits per heavy atom. The number of H-pyrrole nitrogens is 2. The van der Waals surface area contributed by atoms with Crippen molar-refractivity contribution in [2.75, 3.05) is 6.61 Å². The normalized spacial score (nSPS) is 10.2. The summed E-state index contributed by atoms with van der Waals surface area (Å²) in [6, 6.07) is 3.58. The van der Waals surface area contributed by atoms with E-state index in [-0.39, 0.29) is 0 Å². The molecule has 0 aromatic carbocycles. The quantitative estimate of drug-likeness (QED) is 0.647. The van der Waals surface area contributed by atoms with Crippen molar-refractivity contribution in [2.45, 2.75) is 6.92 Å². The van der Waals surface area contributed by atoms with Crippen molar-refractivity contribution < 1.29 is 9.53 Å². The highest BCUT2D eigenvalue weighted by molar-refractivity contribution is 7.71. The van der Waals surface area contributed by atoms with Crippen molar-refractivity contribution in [2.24, 2.45) is 0 Å². The SMILES string of the molecule is CCOC(=O)c1c(-c2ccncc2)[nH][nH]c1=S. The third kappa shape index (κ3) is 2.26. The number of carbonyl (C=O) groups is 1. The Bertz CT molecular complexity index is 574. The summed E-state index contributed by atoms with van der Waals surface area (Å²) in [5.41, 5.74) is 1.80. The van der Waals surface area contributed by atoms with Crippen LogP contribution in [0.25, 0.3) is 11.3 Å². The number of hydrogen-bond donors (Lipinski definition) is 2. The summed E-state index contributed by atoms with van der Waals surface area (Å²) < 4.78 is 5.31. The van der Waals surface area contributed by atoms with Gasteiger partial charge in [0.05, 0.1) is 12.3 Å². The molecule has 0 aliphatic rings. The van der Waals surface area contributed by atoms with E-state index in [1.54, 1.807) is 31.5 Å². The fourth-order valence-corrected chi connectivity index (χ4v) is 1.73. The van der Waals surface area contributed by atoms with Crippen LogP contribution in [0.3, 0.4) is 0 Å². The van der Waals surface area contributed by atoms with Crippen molar-refractivity contribution in [1.82, 2.24) is 15.2 Å². The van der Waals surface area contributed by atoms with Crippen molar-refractivity contribution in [1.29, 1.82) is 0 Å². The summed E-state index contributed by atoms with van der Waals surface area (Å²) in [4.78, 5) is 15.7. The second-order valence-electron chi connectivity index (χ2n) is 3.29. The zero-order valence-corrected chi connectivity index (χ0v) is 10.0. The second-order valence-corrected chi connectivity index (χ2v) is 3.69. The van der Waals surface area contributed by atoms with E-state index in [4.69, 9.17) is 17.0 Å². The van der Waals surface area contributed by atoms with Gasteiger partial charge in [0.15, 0.2) is 0 Å². The molecule has 0 bridgehead atoms. The van der Waals surface area contributed by atoms with Crippen LogP contribution in [0.4, 0.5) is 0 Å². The Labute approximate surface area is 103 Å². The van der Waals surface area contributed by atoms with E-state index in [9.17, 15) is 4.79 Å². The van der Waals surface area contributed by atoms with Gasteiger partial charge in [0, 0.05) is 18.0 Å². The van der Waals surface area contributed by atoms with Crippen LogP contribution in [0.1, 0.15) is 17.3 Å². The molecule has 0 spiro atoms. The largest absolute Gasteiger partial charge is 0.462 e. The molecule has 2 aromatic heterocycles. The number of hydrogen-bond acceptors (Lipinski definition) is 4. The number of ether oxygens (including phenoxy) is 1. The summed E-state index contributed by atoms with van der Waals surface area (Å²) in [6.07, 6.45) is 3.29. The van der Waals surface area contributed by atoms with Gasteiger partial charge in [-0.3, -0.25) is 15.2 Å². The molecule has 2 aromatic rings. The molecule has 0 radical (unpaired) electrons. The monoisotopic (exact) mass is 249 g/mol. The van der Waals surface area contributed by atoms with E-state index in [0.29, 0.717) is 22.5 Å². The molecule has 6 heteroatoms. The first-order valence-electron chi connectivity index (χ1n) is 5.12. The van der Waals surface area contributed by atoms with Crippen LogP contribution in [-0.2, 0) is 4.74 Å². The Morgan fingerprint density at radius 3 is 2.76 bits per heavy atom. The van der Waals surface area contributed by atoms with Gasteiger partial charge in [-0.15, -0.1) is 0 Å². The average Bonchev–Trinajstić information content (AvgIpc) is 2.73. The maximum absolute atomic E-state index is 11.8. The van der Waals surface area contributed by atoms with Gasteiger partial charge in [-0.05, 0) is 19.1 Å². The fraction of sp³-hybridized carbons (Fsp3) is 0.182. The van der Waals surface area contributed by atoms with E-state index < -0.39 is 5.97 Å². The highest BCUT2D eigenvalue weighted by Crippen LogP contribution is 2.21. The molecule has 0 atom stereocenters. The molecule has 0 unspecified atom stereocenters. The third-order valence-corrected chi connectivity index (χ3v) is 2.53. The molecule has 0 aliphatic carbocycles. The lowest BCUT2D eigenvalue weighted by Gasteiger charge is -2.02. The van der Waals surface area contributed by atoms with Crippen molar-refractivity contribution in [3.05, 3.63) is 34.7 Å². The fourth-order valence-electron chi connectivity index (χ4n) is 1.49. The van der Waals surface area contributed by atoms with Gasteiger partial charge >= 0.3 is 5.97 Å². The minimum absolute atomic E-state index is 0.314. The number of pyridine rings is 1. The van der Waals surface area contributed by atoms with Gasteiger partial charge in [-0.25, -0.2) is 4.79 Å². The number of rotatable bonds is 3. The maximum atomic E-state index is 11.8. The van der Waals surface area contributed by atoms with Gasteiger partial charge in [-0.2, -0.15) is 0 Å². The molecule has 0 saturated carbocycles. The zero-order valence-electron chi connectivity index (χ0n) is 9.19. The maximum Gasteiger partial charge on any atom is 0.343 e. The molecule has 2 N–H and O–H groups in total. The van der Waals surface area contributed by atoms with E-state index in [1.807, 2.05) is 0 Å². The average molecular weight is 249 g/mol. The molecule has 0 saturated heterocycles. The van der Waals surface area contributed by atoms with Gasteiger partial charge in [0.2, 0.25) is 0 Å². The van der Waals surface area contributed by atoms with Crippen LogP contribution < -0.4 is 0 Å². The van der Waals surface area contributed by atoms with Crippen LogP contribution >= 0.6 is 12.2 Å². The van der Waals surface area contributed by atoms with Crippen molar-refractivity contribution in [3.63, 3.8) is 0 Å². The summed E-state index contributed by atoms with van der Waals surface area (Å²) in [5.74, 6) is -0.429. The molecule has 5 nitrogen and oxygen atoms in total.